The average molecular weight is 307 g/mol. The van der Waals surface area contributed by atoms with E-state index in [1.807, 2.05) is 0 Å². The number of pyridine rings is 1. The molecule has 2 aliphatic rings. The number of carbonyl (C=O) groups is 1. The van der Waals surface area contributed by atoms with Crippen molar-refractivity contribution in [3.8, 4) is 0 Å². The van der Waals surface area contributed by atoms with Gasteiger partial charge in [0, 0.05) is 11.6 Å². The molecular weight excluding hydrogens is 288 g/mol. The predicted octanol–water partition coefficient (Wildman–Crippen LogP) is 4.09. The SMILES string of the molecule is CC1(C)[C@@H]2CC[C@@]1(C)/C(=N/OC(=O)c1cccnc1Cl)C2. The van der Waals surface area contributed by atoms with Crippen LogP contribution in [0.2, 0.25) is 5.15 Å². The second-order valence-corrected chi connectivity index (χ2v) is 7.11. The minimum atomic E-state index is -0.551. The Morgan fingerprint density at radius 2 is 2.24 bits per heavy atom. The lowest BCUT2D eigenvalue weighted by molar-refractivity contribution is 0.0508. The second kappa shape index (κ2) is 4.80. The molecule has 0 saturated heterocycles. The first-order valence-electron chi connectivity index (χ1n) is 7.25. The Hall–Kier alpha value is -1.42. The summed E-state index contributed by atoms with van der Waals surface area (Å²) in [7, 11) is 0. The maximum absolute atomic E-state index is 12.0. The van der Waals surface area contributed by atoms with Crippen molar-refractivity contribution in [2.75, 3.05) is 0 Å². The molecular formula is C16H19ClN2O2. The molecule has 1 heterocycles. The van der Waals surface area contributed by atoms with Crippen molar-refractivity contribution < 1.29 is 9.63 Å². The number of oxime groups is 1. The molecule has 0 amide bonds. The summed E-state index contributed by atoms with van der Waals surface area (Å²) < 4.78 is 0. The van der Waals surface area contributed by atoms with Crippen LogP contribution in [0, 0.1) is 16.7 Å². The molecule has 0 unspecified atom stereocenters. The van der Waals surface area contributed by atoms with E-state index in [1.54, 1.807) is 12.1 Å². The van der Waals surface area contributed by atoms with Crippen molar-refractivity contribution in [3.63, 3.8) is 0 Å². The fourth-order valence-electron chi connectivity index (χ4n) is 3.75. The third-order valence-corrected chi connectivity index (χ3v) is 6.03. The molecule has 112 valence electrons. The fraction of sp³-hybridized carbons (Fsp3) is 0.562. The van der Waals surface area contributed by atoms with Crippen LogP contribution in [-0.2, 0) is 4.84 Å². The maximum Gasteiger partial charge on any atom is 0.368 e. The Kier molecular flexibility index (Phi) is 3.32. The summed E-state index contributed by atoms with van der Waals surface area (Å²) in [4.78, 5) is 21.0. The van der Waals surface area contributed by atoms with Gasteiger partial charge in [-0.25, -0.2) is 9.78 Å². The van der Waals surface area contributed by atoms with E-state index in [4.69, 9.17) is 16.4 Å². The van der Waals surface area contributed by atoms with Crippen molar-refractivity contribution in [1.29, 1.82) is 0 Å². The highest BCUT2D eigenvalue weighted by molar-refractivity contribution is 6.32. The summed E-state index contributed by atoms with van der Waals surface area (Å²) in [6, 6.07) is 3.24. The van der Waals surface area contributed by atoms with Crippen LogP contribution in [0.1, 0.15) is 50.4 Å². The number of hydrogen-bond acceptors (Lipinski definition) is 4. The minimum Gasteiger partial charge on any atom is -0.313 e. The number of rotatable bonds is 2. The number of aromatic nitrogens is 1. The first-order valence-corrected chi connectivity index (χ1v) is 7.63. The van der Waals surface area contributed by atoms with E-state index >= 15 is 0 Å². The highest BCUT2D eigenvalue weighted by atomic mass is 35.5. The Morgan fingerprint density at radius 3 is 2.81 bits per heavy atom. The molecule has 5 heteroatoms. The van der Waals surface area contributed by atoms with Gasteiger partial charge < -0.3 is 4.84 Å². The van der Waals surface area contributed by atoms with Gasteiger partial charge >= 0.3 is 5.97 Å². The quantitative estimate of drug-likeness (QED) is 0.470. The van der Waals surface area contributed by atoms with E-state index in [0.29, 0.717) is 5.92 Å². The first kappa shape index (κ1) is 14.5. The van der Waals surface area contributed by atoms with Crippen LogP contribution < -0.4 is 0 Å². The van der Waals surface area contributed by atoms with Gasteiger partial charge in [0.1, 0.15) is 5.15 Å². The Morgan fingerprint density at radius 1 is 1.48 bits per heavy atom. The van der Waals surface area contributed by atoms with Crippen molar-refractivity contribution in [3.05, 3.63) is 29.0 Å². The van der Waals surface area contributed by atoms with Gasteiger partial charge in [0.15, 0.2) is 0 Å². The molecule has 2 bridgehead atoms. The highest BCUT2D eigenvalue weighted by Gasteiger charge is 2.60. The van der Waals surface area contributed by atoms with Gasteiger partial charge in [0.2, 0.25) is 0 Å². The topological polar surface area (TPSA) is 51.5 Å². The zero-order valence-corrected chi connectivity index (χ0v) is 13.3. The summed E-state index contributed by atoms with van der Waals surface area (Å²) in [5, 5.41) is 4.31. The van der Waals surface area contributed by atoms with Crippen molar-refractivity contribution in [1.82, 2.24) is 4.98 Å². The molecule has 2 atom stereocenters. The Balaban J connectivity index is 1.79. The molecule has 0 aromatic carbocycles. The lowest BCUT2D eigenvalue weighted by Gasteiger charge is -2.34. The van der Waals surface area contributed by atoms with Crippen molar-refractivity contribution >= 4 is 23.3 Å². The van der Waals surface area contributed by atoms with Gasteiger partial charge in [-0.05, 0) is 42.7 Å². The number of carbonyl (C=O) groups excluding carboxylic acids is 1. The highest BCUT2D eigenvalue weighted by Crippen LogP contribution is 2.63. The minimum absolute atomic E-state index is 0.0245. The van der Waals surface area contributed by atoms with E-state index in [2.05, 4.69) is 30.9 Å². The van der Waals surface area contributed by atoms with Crippen LogP contribution in [-0.4, -0.2) is 16.7 Å². The monoisotopic (exact) mass is 306 g/mol. The Bertz CT molecular complexity index is 626. The maximum atomic E-state index is 12.0. The molecule has 0 radical (unpaired) electrons. The molecule has 2 saturated carbocycles. The predicted molar refractivity (Wildman–Crippen MR) is 81.3 cm³/mol. The molecule has 1 aromatic heterocycles. The molecule has 2 aliphatic carbocycles. The molecule has 1 aromatic rings. The zero-order valence-electron chi connectivity index (χ0n) is 12.5. The van der Waals surface area contributed by atoms with E-state index in [9.17, 15) is 4.79 Å². The van der Waals surface area contributed by atoms with E-state index < -0.39 is 5.97 Å². The third-order valence-electron chi connectivity index (χ3n) is 5.73. The van der Waals surface area contributed by atoms with E-state index in [-0.39, 0.29) is 21.5 Å². The van der Waals surface area contributed by atoms with Crippen LogP contribution in [0.25, 0.3) is 0 Å². The fourth-order valence-corrected chi connectivity index (χ4v) is 3.95. The average Bonchev–Trinajstić information content (AvgIpc) is 2.78. The smallest absolute Gasteiger partial charge is 0.313 e. The second-order valence-electron chi connectivity index (χ2n) is 6.75. The van der Waals surface area contributed by atoms with E-state index in [1.165, 1.54) is 12.6 Å². The van der Waals surface area contributed by atoms with Gasteiger partial charge in [-0.2, -0.15) is 0 Å². The molecule has 3 rings (SSSR count). The standard InChI is InChI=1S/C16H19ClN2O2/c1-15(2)10-6-7-16(15,3)12(9-10)19-21-14(20)11-5-4-8-18-13(11)17/h4-5,8,10H,6-7,9H2,1-3H3/b19-12+/t10-,16+/m1/s1. The lowest BCUT2D eigenvalue weighted by atomic mass is 9.70. The number of fused-ring (bicyclic) bond motifs is 2. The van der Waals surface area contributed by atoms with E-state index in [0.717, 1.165) is 18.6 Å². The molecule has 2 fully saturated rings. The molecule has 0 spiro atoms. The van der Waals surface area contributed by atoms with Crippen LogP contribution in [0.5, 0.6) is 0 Å². The zero-order chi connectivity index (χ0) is 15.3. The largest absolute Gasteiger partial charge is 0.368 e. The van der Waals surface area contributed by atoms with Crippen LogP contribution in [0.15, 0.2) is 23.5 Å². The Labute approximate surface area is 129 Å². The number of hydrogen-bond donors (Lipinski definition) is 0. The third kappa shape index (κ3) is 2.08. The molecule has 0 aliphatic heterocycles. The summed E-state index contributed by atoms with van der Waals surface area (Å²) in [6.45, 7) is 6.80. The summed E-state index contributed by atoms with van der Waals surface area (Å²) in [6.07, 6.45) is 4.78. The van der Waals surface area contributed by atoms with Gasteiger partial charge in [0.25, 0.3) is 0 Å². The normalized spacial score (nSPS) is 31.6. The van der Waals surface area contributed by atoms with Crippen molar-refractivity contribution in [2.45, 2.75) is 40.0 Å². The van der Waals surface area contributed by atoms with Crippen LogP contribution >= 0.6 is 11.6 Å². The van der Waals surface area contributed by atoms with Gasteiger partial charge in [-0.3, -0.25) is 0 Å². The van der Waals surface area contributed by atoms with Crippen LogP contribution in [0.4, 0.5) is 0 Å². The molecule has 21 heavy (non-hydrogen) atoms. The summed E-state index contributed by atoms with van der Waals surface area (Å²) in [5.41, 5.74) is 1.48. The number of nitrogens with zero attached hydrogens (tertiary/aromatic N) is 2. The molecule has 4 nitrogen and oxygen atoms in total. The summed E-state index contributed by atoms with van der Waals surface area (Å²) >= 11 is 5.89. The van der Waals surface area contributed by atoms with Gasteiger partial charge in [-0.1, -0.05) is 37.5 Å². The first-order chi connectivity index (χ1) is 9.86. The van der Waals surface area contributed by atoms with Gasteiger partial charge in [0.05, 0.1) is 11.3 Å². The summed E-state index contributed by atoms with van der Waals surface area (Å²) in [5.74, 6) is 0.0757. The van der Waals surface area contributed by atoms with Crippen LogP contribution in [0.3, 0.4) is 0 Å². The lowest BCUT2D eigenvalue weighted by Crippen LogP contribution is -2.32. The van der Waals surface area contributed by atoms with Crippen molar-refractivity contribution in [2.24, 2.45) is 21.9 Å². The van der Waals surface area contributed by atoms with Gasteiger partial charge in [-0.15, -0.1) is 0 Å². The molecule has 0 N–H and O–H groups in total. The number of halogens is 1.